The van der Waals surface area contributed by atoms with E-state index in [-0.39, 0.29) is 24.4 Å². The van der Waals surface area contributed by atoms with E-state index in [9.17, 15) is 14.0 Å². The molecular weight excluding hydrogens is 359 g/mol. The van der Waals surface area contributed by atoms with Gasteiger partial charge in [0.25, 0.3) is 0 Å². The molecule has 2 aromatic rings. The lowest BCUT2D eigenvalue weighted by molar-refractivity contribution is 0.0532. The zero-order valence-corrected chi connectivity index (χ0v) is 15.9. The average molecular weight is 382 g/mol. The molecule has 1 amide bonds. The summed E-state index contributed by atoms with van der Waals surface area (Å²) < 4.78 is 20.8. The number of amides is 1. The third-order valence-electron chi connectivity index (χ3n) is 3.34. The highest BCUT2D eigenvalue weighted by Gasteiger charge is 2.16. The van der Waals surface area contributed by atoms with E-state index in [2.05, 4.69) is 10.4 Å². The summed E-state index contributed by atoms with van der Waals surface area (Å²) in [5.41, 5.74) is -0.748. The first-order valence-electron chi connectivity index (χ1n) is 8.18. The molecule has 26 heavy (non-hydrogen) atoms. The summed E-state index contributed by atoms with van der Waals surface area (Å²) in [7, 11) is 0. The highest BCUT2D eigenvalue weighted by atomic mass is 32.1. The van der Waals surface area contributed by atoms with E-state index in [1.54, 1.807) is 32.1 Å². The van der Waals surface area contributed by atoms with Crippen molar-refractivity contribution in [2.24, 2.45) is 0 Å². The Balaban J connectivity index is 1.90. The van der Waals surface area contributed by atoms with E-state index in [0.29, 0.717) is 12.9 Å². The number of hydrogen-bond acceptors (Lipinski definition) is 5. The largest absolute Gasteiger partial charge is 0.444 e. The molecule has 2 aromatic heterocycles. The maximum atomic E-state index is 13.1. The molecule has 0 aliphatic rings. The number of nitrogens with zero attached hydrogens (tertiary/aromatic N) is 3. The van der Waals surface area contributed by atoms with Gasteiger partial charge in [-0.1, -0.05) is 6.07 Å². The number of carbonyl (C=O) groups is 1. The van der Waals surface area contributed by atoms with Gasteiger partial charge in [0.2, 0.25) is 0 Å². The molecule has 142 valence electrons. The number of ether oxygens (including phenoxy) is 1. The summed E-state index contributed by atoms with van der Waals surface area (Å²) in [4.78, 5) is 25.1. The quantitative estimate of drug-likeness (QED) is 0.799. The molecule has 0 saturated carbocycles. The first-order valence-corrected chi connectivity index (χ1v) is 9.06. The minimum Gasteiger partial charge on any atom is -0.444 e. The second kappa shape index (κ2) is 8.79. The molecule has 0 fully saturated rings. The van der Waals surface area contributed by atoms with Crippen LogP contribution in [0, 0.1) is 0 Å². The molecule has 0 spiro atoms. The van der Waals surface area contributed by atoms with Gasteiger partial charge in [-0.15, -0.1) is 11.3 Å². The molecular formula is C17H23FN4O3S. The van der Waals surface area contributed by atoms with Crippen LogP contribution in [0.2, 0.25) is 0 Å². The van der Waals surface area contributed by atoms with Gasteiger partial charge in [-0.05, 0) is 44.2 Å². The van der Waals surface area contributed by atoms with Crippen molar-refractivity contribution in [1.82, 2.24) is 19.7 Å². The van der Waals surface area contributed by atoms with E-state index in [0.717, 1.165) is 11.1 Å². The van der Waals surface area contributed by atoms with Crippen molar-refractivity contribution in [2.75, 3.05) is 6.54 Å². The minimum atomic E-state index is -0.648. The first kappa shape index (κ1) is 19.9. The number of hydrogen-bond donors (Lipinski definition) is 1. The topological polar surface area (TPSA) is 78.2 Å². The molecule has 7 nitrogen and oxygen atoms in total. The molecule has 0 atom stereocenters. The first-order chi connectivity index (χ1) is 12.3. The number of nitrogens with one attached hydrogen (secondary N) is 1. The predicted molar refractivity (Wildman–Crippen MR) is 97.9 cm³/mol. The van der Waals surface area contributed by atoms with E-state index in [1.165, 1.54) is 15.8 Å². The number of aromatic nitrogens is 3. The normalized spacial score (nSPS) is 12.2. The number of alkyl carbamates (subject to hydrolysis) is 1. The van der Waals surface area contributed by atoms with Gasteiger partial charge >= 0.3 is 11.8 Å². The van der Waals surface area contributed by atoms with Crippen LogP contribution >= 0.6 is 11.3 Å². The van der Waals surface area contributed by atoms with Gasteiger partial charge in [0.1, 0.15) is 11.9 Å². The number of carbonyl (C=O) groups excluding carboxylic acids is 1. The van der Waals surface area contributed by atoms with Gasteiger partial charge in [-0.2, -0.15) is 5.10 Å². The van der Waals surface area contributed by atoms with Crippen LogP contribution in [-0.2, 0) is 24.2 Å². The van der Waals surface area contributed by atoms with Crippen molar-refractivity contribution in [3.8, 4) is 0 Å². The van der Waals surface area contributed by atoms with Crippen molar-refractivity contribution < 1.29 is 13.9 Å². The van der Waals surface area contributed by atoms with Crippen molar-refractivity contribution >= 4 is 17.4 Å². The zero-order valence-electron chi connectivity index (χ0n) is 15.1. The third kappa shape index (κ3) is 6.14. The van der Waals surface area contributed by atoms with Gasteiger partial charge in [-0.25, -0.2) is 18.7 Å². The van der Waals surface area contributed by atoms with Crippen LogP contribution in [-0.4, -0.2) is 32.6 Å². The molecule has 1 N–H and O–H groups in total. The molecule has 2 rings (SSSR count). The van der Waals surface area contributed by atoms with Crippen molar-refractivity contribution in [3.63, 3.8) is 0 Å². The second-order valence-corrected chi connectivity index (χ2v) is 7.75. The maximum Gasteiger partial charge on any atom is 0.407 e. The molecule has 0 aliphatic carbocycles. The van der Waals surface area contributed by atoms with Crippen molar-refractivity contribution in [2.45, 2.75) is 45.9 Å². The van der Waals surface area contributed by atoms with Crippen LogP contribution in [0.4, 0.5) is 9.18 Å². The van der Waals surface area contributed by atoms with Gasteiger partial charge in [0, 0.05) is 18.0 Å². The van der Waals surface area contributed by atoms with Crippen LogP contribution in [0.1, 0.15) is 25.6 Å². The smallest absolute Gasteiger partial charge is 0.407 e. The Hall–Kier alpha value is -2.42. The Labute approximate surface area is 155 Å². The van der Waals surface area contributed by atoms with Gasteiger partial charge in [0.05, 0.1) is 12.9 Å². The lowest BCUT2D eigenvalue weighted by atomic mass is 10.2. The molecule has 9 heteroatoms. The van der Waals surface area contributed by atoms with Crippen LogP contribution in [0.3, 0.4) is 0 Å². The fraction of sp³-hybridized carbons (Fsp3) is 0.471. The second-order valence-electron chi connectivity index (χ2n) is 6.72. The summed E-state index contributed by atoms with van der Waals surface area (Å²) in [6, 6.07) is 3.97. The molecule has 0 saturated heterocycles. The number of aryl methyl sites for hydroxylation is 2. The summed E-state index contributed by atoms with van der Waals surface area (Å²) >= 11 is 1.63. The monoisotopic (exact) mass is 382 g/mol. The summed E-state index contributed by atoms with van der Waals surface area (Å²) in [5, 5.41) is 8.46. The van der Waals surface area contributed by atoms with Gasteiger partial charge in [0.15, 0.2) is 0 Å². The molecule has 0 radical (unpaired) electrons. The highest BCUT2D eigenvalue weighted by molar-refractivity contribution is 7.09. The zero-order chi connectivity index (χ0) is 19.2. The fourth-order valence-electron chi connectivity index (χ4n) is 2.14. The Bertz CT molecular complexity index is 803. The molecule has 2 heterocycles. The van der Waals surface area contributed by atoms with Gasteiger partial charge < -0.3 is 10.1 Å². The SMILES string of the molecule is CC(C)(C)OC(=O)NC/C(=C\F)Cn1ncn(CCc2cccs2)c1=O. The summed E-state index contributed by atoms with van der Waals surface area (Å²) in [5.74, 6) is 0. The number of halogens is 1. The summed E-state index contributed by atoms with van der Waals surface area (Å²) in [6.07, 6.45) is 1.89. The summed E-state index contributed by atoms with van der Waals surface area (Å²) in [6.45, 7) is 5.60. The fourth-order valence-corrected chi connectivity index (χ4v) is 2.84. The van der Waals surface area contributed by atoms with E-state index < -0.39 is 11.7 Å². The van der Waals surface area contributed by atoms with Crippen LogP contribution in [0.25, 0.3) is 0 Å². The van der Waals surface area contributed by atoms with Crippen LogP contribution < -0.4 is 11.0 Å². The molecule has 0 bridgehead atoms. The van der Waals surface area contributed by atoms with Gasteiger partial charge in [-0.3, -0.25) is 4.57 Å². The van der Waals surface area contributed by atoms with Crippen LogP contribution in [0.15, 0.2) is 40.5 Å². The Morgan fingerprint density at radius 1 is 1.46 bits per heavy atom. The number of rotatable bonds is 7. The van der Waals surface area contributed by atoms with Crippen molar-refractivity contribution in [3.05, 3.63) is 51.1 Å². The molecule has 0 aliphatic heterocycles. The Morgan fingerprint density at radius 3 is 2.85 bits per heavy atom. The predicted octanol–water partition coefficient (Wildman–Crippen LogP) is 2.73. The number of thiophene rings is 1. The highest BCUT2D eigenvalue weighted by Crippen LogP contribution is 2.09. The maximum absolute atomic E-state index is 13.1. The van der Waals surface area contributed by atoms with E-state index >= 15 is 0 Å². The molecule has 0 aromatic carbocycles. The van der Waals surface area contributed by atoms with Crippen molar-refractivity contribution in [1.29, 1.82) is 0 Å². The average Bonchev–Trinajstić information content (AvgIpc) is 3.18. The Kier molecular flexibility index (Phi) is 6.73. The lowest BCUT2D eigenvalue weighted by Crippen LogP contribution is -2.34. The third-order valence-corrected chi connectivity index (χ3v) is 4.28. The minimum absolute atomic E-state index is 0.0445. The molecule has 0 unspecified atom stereocenters. The van der Waals surface area contributed by atoms with E-state index in [4.69, 9.17) is 4.74 Å². The van der Waals surface area contributed by atoms with Crippen LogP contribution in [0.5, 0.6) is 0 Å². The lowest BCUT2D eigenvalue weighted by Gasteiger charge is -2.19. The standard InChI is InChI=1S/C17H23FN4O3S/c1-17(2,3)25-15(23)19-10-13(9-18)11-22-16(24)21(12-20-22)7-6-14-5-4-8-26-14/h4-5,8-9,12H,6-7,10-11H2,1-3H3,(H,19,23)/b13-9+. The Morgan fingerprint density at radius 2 is 2.23 bits per heavy atom. The van der Waals surface area contributed by atoms with E-state index in [1.807, 2.05) is 17.5 Å².